The number of anilines is 2. The van der Waals surface area contributed by atoms with E-state index in [2.05, 4.69) is 53.8 Å². The first-order valence-corrected chi connectivity index (χ1v) is 7.12. The Bertz CT molecular complexity index is 710. The molecule has 0 atom stereocenters. The third-order valence-corrected chi connectivity index (χ3v) is 3.79. The third-order valence-electron chi connectivity index (χ3n) is 2.47. The van der Waals surface area contributed by atoms with Crippen molar-refractivity contribution in [2.75, 3.05) is 5.32 Å². The number of nitrogens with one attached hydrogen (secondary N) is 1. The third kappa shape index (κ3) is 2.22. The molecule has 0 bridgehead atoms. The van der Waals surface area contributed by atoms with E-state index in [9.17, 15) is 0 Å². The average Bonchev–Trinajstić information content (AvgIpc) is 2.80. The second-order valence-electron chi connectivity index (χ2n) is 3.68. The van der Waals surface area contributed by atoms with E-state index in [4.69, 9.17) is 0 Å². The van der Waals surface area contributed by atoms with E-state index in [1.807, 2.05) is 41.1 Å². The average molecular weight is 415 g/mol. The van der Waals surface area contributed by atoms with Gasteiger partial charge in [0.15, 0.2) is 11.5 Å². The summed E-state index contributed by atoms with van der Waals surface area (Å²) in [5.41, 5.74) is 1.83. The Labute approximate surface area is 126 Å². The van der Waals surface area contributed by atoms with Gasteiger partial charge in [0.2, 0.25) is 0 Å². The van der Waals surface area contributed by atoms with E-state index < -0.39 is 0 Å². The highest BCUT2D eigenvalue weighted by molar-refractivity contribution is 14.1. The van der Waals surface area contributed by atoms with Crippen molar-refractivity contribution >= 4 is 55.7 Å². The molecule has 1 aromatic carbocycles. The van der Waals surface area contributed by atoms with Gasteiger partial charge in [0.25, 0.3) is 0 Å². The lowest BCUT2D eigenvalue weighted by atomic mass is 10.3. The van der Waals surface area contributed by atoms with Gasteiger partial charge in [-0.15, -0.1) is 0 Å². The quantitative estimate of drug-likeness (QED) is 0.648. The molecule has 0 unspecified atom stereocenters. The fraction of sp³-hybridized carbons (Fsp3) is 0. The zero-order valence-corrected chi connectivity index (χ0v) is 12.9. The lowest BCUT2D eigenvalue weighted by Crippen LogP contribution is -1.99. The van der Waals surface area contributed by atoms with Crippen LogP contribution in [0.4, 0.5) is 11.5 Å². The maximum atomic E-state index is 4.43. The summed E-state index contributed by atoms with van der Waals surface area (Å²) in [5, 5.41) is 3.31. The van der Waals surface area contributed by atoms with Crippen LogP contribution >= 0.6 is 38.5 Å². The Hall–Kier alpha value is -1.15. The summed E-state index contributed by atoms with van der Waals surface area (Å²) in [6, 6.07) is 8.06. The van der Waals surface area contributed by atoms with E-state index in [1.165, 1.54) is 0 Å². The highest BCUT2D eigenvalue weighted by atomic mass is 127. The number of imidazole rings is 1. The number of fused-ring (bicyclic) bond motifs is 1. The van der Waals surface area contributed by atoms with Gasteiger partial charge in [-0.05, 0) is 50.7 Å². The highest BCUT2D eigenvalue weighted by Crippen LogP contribution is 2.24. The van der Waals surface area contributed by atoms with E-state index in [-0.39, 0.29) is 0 Å². The van der Waals surface area contributed by atoms with Gasteiger partial charge in [-0.25, -0.2) is 9.97 Å². The van der Waals surface area contributed by atoms with Crippen LogP contribution in [0, 0.1) is 3.57 Å². The summed E-state index contributed by atoms with van der Waals surface area (Å²) in [6.45, 7) is 0. The SMILES string of the molecule is Brc1cn2ccnc2c(Nc2ccccc2I)n1. The van der Waals surface area contributed by atoms with Crippen molar-refractivity contribution in [2.45, 2.75) is 0 Å². The predicted molar refractivity (Wildman–Crippen MR) is 83.1 cm³/mol. The molecule has 0 radical (unpaired) electrons. The molecule has 0 aliphatic rings. The topological polar surface area (TPSA) is 42.2 Å². The van der Waals surface area contributed by atoms with Gasteiger partial charge in [-0.1, -0.05) is 12.1 Å². The standard InChI is InChI=1S/C12H8BrIN4/c13-10-7-18-6-5-15-12(18)11(17-10)16-9-4-2-1-3-8(9)14/h1-7H,(H,16,17). The van der Waals surface area contributed by atoms with Gasteiger partial charge >= 0.3 is 0 Å². The second-order valence-corrected chi connectivity index (χ2v) is 5.65. The predicted octanol–water partition coefficient (Wildman–Crippen LogP) is 3.84. The minimum absolute atomic E-state index is 0.735. The van der Waals surface area contributed by atoms with Gasteiger partial charge in [0.1, 0.15) is 4.60 Å². The molecule has 0 saturated heterocycles. The molecule has 6 heteroatoms. The van der Waals surface area contributed by atoms with Crippen molar-refractivity contribution in [1.29, 1.82) is 0 Å². The fourth-order valence-electron chi connectivity index (χ4n) is 1.68. The Balaban J connectivity index is 2.10. The van der Waals surface area contributed by atoms with Crippen LogP contribution in [-0.4, -0.2) is 14.4 Å². The van der Waals surface area contributed by atoms with Crippen LogP contribution in [0.1, 0.15) is 0 Å². The molecule has 1 N–H and O–H groups in total. The summed E-state index contributed by atoms with van der Waals surface area (Å²) in [5.74, 6) is 0.735. The van der Waals surface area contributed by atoms with E-state index in [0.717, 1.165) is 25.3 Å². The van der Waals surface area contributed by atoms with Crippen molar-refractivity contribution in [2.24, 2.45) is 0 Å². The van der Waals surface area contributed by atoms with Crippen molar-refractivity contribution in [3.63, 3.8) is 0 Å². The Morgan fingerprint density at radius 1 is 1.28 bits per heavy atom. The highest BCUT2D eigenvalue weighted by Gasteiger charge is 2.07. The van der Waals surface area contributed by atoms with Crippen LogP contribution in [0.2, 0.25) is 0 Å². The van der Waals surface area contributed by atoms with E-state index in [0.29, 0.717) is 0 Å². The van der Waals surface area contributed by atoms with Crippen molar-refractivity contribution in [3.05, 3.63) is 51.0 Å². The van der Waals surface area contributed by atoms with Crippen molar-refractivity contribution in [3.8, 4) is 0 Å². The number of nitrogens with zero attached hydrogens (tertiary/aromatic N) is 3. The molecule has 0 spiro atoms. The van der Waals surface area contributed by atoms with Crippen molar-refractivity contribution < 1.29 is 0 Å². The monoisotopic (exact) mass is 414 g/mol. The first kappa shape index (κ1) is 11.9. The molecule has 18 heavy (non-hydrogen) atoms. The summed E-state index contributed by atoms with van der Waals surface area (Å²) >= 11 is 5.69. The Morgan fingerprint density at radius 3 is 2.94 bits per heavy atom. The lowest BCUT2D eigenvalue weighted by molar-refractivity contribution is 1.10. The number of halogens is 2. The van der Waals surface area contributed by atoms with Crippen LogP contribution in [-0.2, 0) is 0 Å². The molecular weight excluding hydrogens is 407 g/mol. The first-order valence-electron chi connectivity index (χ1n) is 5.25. The molecular formula is C12H8BrIN4. The molecule has 0 saturated carbocycles. The number of hydrogen-bond acceptors (Lipinski definition) is 3. The lowest BCUT2D eigenvalue weighted by Gasteiger charge is -2.09. The normalized spacial score (nSPS) is 10.8. The summed E-state index contributed by atoms with van der Waals surface area (Å²) in [7, 11) is 0. The number of rotatable bonds is 2. The summed E-state index contributed by atoms with van der Waals surface area (Å²) in [6.07, 6.45) is 5.52. The number of benzene rings is 1. The summed E-state index contributed by atoms with van der Waals surface area (Å²) in [4.78, 5) is 8.73. The largest absolute Gasteiger partial charge is 0.336 e. The molecule has 2 heterocycles. The molecule has 4 nitrogen and oxygen atoms in total. The first-order chi connectivity index (χ1) is 8.74. The van der Waals surface area contributed by atoms with Crippen LogP contribution in [0.5, 0.6) is 0 Å². The maximum absolute atomic E-state index is 4.43. The number of para-hydroxylation sites is 1. The molecule has 0 aliphatic heterocycles. The molecule has 3 rings (SSSR count). The molecule has 0 amide bonds. The zero-order chi connectivity index (χ0) is 12.5. The summed E-state index contributed by atoms with van der Waals surface area (Å²) < 4.78 is 3.83. The van der Waals surface area contributed by atoms with Crippen molar-refractivity contribution in [1.82, 2.24) is 14.4 Å². The van der Waals surface area contributed by atoms with Gasteiger partial charge in [-0.3, -0.25) is 0 Å². The van der Waals surface area contributed by atoms with Gasteiger partial charge in [0, 0.05) is 22.2 Å². The van der Waals surface area contributed by atoms with E-state index >= 15 is 0 Å². The Morgan fingerprint density at radius 2 is 2.11 bits per heavy atom. The van der Waals surface area contributed by atoms with Gasteiger partial charge in [0.05, 0.1) is 5.69 Å². The molecule has 0 aliphatic carbocycles. The van der Waals surface area contributed by atoms with E-state index in [1.54, 1.807) is 6.20 Å². The molecule has 90 valence electrons. The molecule has 3 aromatic rings. The smallest absolute Gasteiger partial charge is 0.180 e. The number of hydrogen-bond donors (Lipinski definition) is 1. The fourth-order valence-corrected chi connectivity index (χ4v) is 2.60. The second kappa shape index (κ2) is 4.85. The van der Waals surface area contributed by atoms with Crippen LogP contribution in [0.3, 0.4) is 0 Å². The Kier molecular flexibility index (Phi) is 3.21. The minimum Gasteiger partial charge on any atom is -0.336 e. The van der Waals surface area contributed by atoms with Gasteiger partial charge in [-0.2, -0.15) is 0 Å². The van der Waals surface area contributed by atoms with Crippen LogP contribution in [0.15, 0.2) is 47.5 Å². The molecule has 0 fully saturated rings. The minimum atomic E-state index is 0.735. The molecule has 2 aromatic heterocycles. The van der Waals surface area contributed by atoms with Crippen LogP contribution < -0.4 is 5.32 Å². The zero-order valence-electron chi connectivity index (χ0n) is 9.14. The number of aromatic nitrogens is 3. The van der Waals surface area contributed by atoms with Crippen LogP contribution in [0.25, 0.3) is 5.65 Å². The van der Waals surface area contributed by atoms with Gasteiger partial charge < -0.3 is 9.72 Å². The maximum Gasteiger partial charge on any atom is 0.180 e.